The van der Waals surface area contributed by atoms with E-state index in [1.54, 1.807) is 0 Å². The van der Waals surface area contributed by atoms with E-state index < -0.39 is 22.3 Å². The molecule has 2 unspecified atom stereocenters. The van der Waals surface area contributed by atoms with Gasteiger partial charge in [0.15, 0.2) is 11.6 Å². The van der Waals surface area contributed by atoms with E-state index in [1.807, 2.05) is 24.3 Å². The highest BCUT2D eigenvalue weighted by Gasteiger charge is 2.31. The van der Waals surface area contributed by atoms with Crippen molar-refractivity contribution in [3.8, 4) is 5.75 Å². The van der Waals surface area contributed by atoms with Gasteiger partial charge < -0.3 is 4.74 Å². The molecule has 1 aliphatic heterocycles. The number of rotatable bonds is 2. The van der Waals surface area contributed by atoms with Crippen molar-refractivity contribution in [2.24, 2.45) is 0 Å². The summed E-state index contributed by atoms with van der Waals surface area (Å²) in [6.45, 7) is 0. The lowest BCUT2D eigenvalue weighted by Crippen LogP contribution is -2.20. The lowest BCUT2D eigenvalue weighted by molar-refractivity contribution is 0.230. The molecule has 104 valence electrons. The first-order valence-corrected chi connectivity index (χ1v) is 7.01. The van der Waals surface area contributed by atoms with Gasteiger partial charge in [0.05, 0.1) is 4.83 Å². The van der Waals surface area contributed by atoms with E-state index >= 15 is 0 Å². The molecule has 1 nitrogen and oxygen atoms in total. The first-order chi connectivity index (χ1) is 9.56. The van der Waals surface area contributed by atoms with Gasteiger partial charge in [-0.2, -0.15) is 0 Å². The van der Waals surface area contributed by atoms with Crippen LogP contribution in [0.4, 0.5) is 13.2 Å². The van der Waals surface area contributed by atoms with Crippen LogP contribution in [-0.2, 0) is 6.42 Å². The number of hydrogen-bond donors (Lipinski definition) is 0. The second kappa shape index (κ2) is 5.13. The number of halogens is 4. The van der Waals surface area contributed by atoms with E-state index in [0.717, 1.165) is 17.4 Å². The summed E-state index contributed by atoms with van der Waals surface area (Å²) in [5.41, 5.74) is 1.08. The summed E-state index contributed by atoms with van der Waals surface area (Å²) in [4.78, 5) is -0.551. The molecule has 1 heterocycles. The zero-order valence-electron chi connectivity index (χ0n) is 10.2. The number of ether oxygens (including phenoxy) is 1. The van der Waals surface area contributed by atoms with E-state index in [9.17, 15) is 13.2 Å². The second-order valence-corrected chi connectivity index (χ2v) is 5.64. The average Bonchev–Trinajstić information content (AvgIpc) is 2.86. The highest BCUT2D eigenvalue weighted by atomic mass is 79.9. The van der Waals surface area contributed by atoms with Crippen molar-refractivity contribution >= 4 is 15.9 Å². The quantitative estimate of drug-likeness (QED) is 0.575. The Balaban J connectivity index is 1.88. The summed E-state index contributed by atoms with van der Waals surface area (Å²) in [5.74, 6) is -2.31. The molecule has 0 bridgehead atoms. The molecule has 2 aromatic rings. The summed E-state index contributed by atoms with van der Waals surface area (Å²) in [5, 5.41) is 0. The van der Waals surface area contributed by atoms with Crippen molar-refractivity contribution in [1.82, 2.24) is 0 Å². The zero-order valence-corrected chi connectivity index (χ0v) is 11.8. The predicted molar refractivity (Wildman–Crippen MR) is 72.5 cm³/mol. The SMILES string of the molecule is Fc1cc(F)c(C(Br)C2Cc3ccccc3O2)cc1F. The molecule has 0 saturated carbocycles. The lowest BCUT2D eigenvalue weighted by Gasteiger charge is -2.18. The van der Waals surface area contributed by atoms with Gasteiger partial charge in [0.2, 0.25) is 0 Å². The van der Waals surface area contributed by atoms with Crippen molar-refractivity contribution in [1.29, 1.82) is 0 Å². The van der Waals surface area contributed by atoms with Gasteiger partial charge in [-0.15, -0.1) is 0 Å². The van der Waals surface area contributed by atoms with Gasteiger partial charge in [0.25, 0.3) is 0 Å². The lowest BCUT2D eigenvalue weighted by atomic mass is 10.0. The maximum absolute atomic E-state index is 13.8. The van der Waals surface area contributed by atoms with Crippen LogP contribution < -0.4 is 4.74 Å². The molecule has 0 saturated heterocycles. The Kier molecular flexibility index (Phi) is 3.46. The van der Waals surface area contributed by atoms with Crippen LogP contribution in [0.15, 0.2) is 36.4 Å². The minimum absolute atomic E-state index is 0.0571. The van der Waals surface area contributed by atoms with Gasteiger partial charge in [0.1, 0.15) is 17.7 Å². The minimum atomic E-state index is -1.19. The number of alkyl halides is 1. The smallest absolute Gasteiger partial charge is 0.161 e. The van der Waals surface area contributed by atoms with Crippen molar-refractivity contribution in [2.75, 3.05) is 0 Å². The topological polar surface area (TPSA) is 9.23 Å². The molecule has 0 spiro atoms. The highest BCUT2D eigenvalue weighted by molar-refractivity contribution is 9.09. The molecule has 0 aromatic heterocycles. The normalized spacial score (nSPS) is 18.5. The molecule has 0 N–H and O–H groups in total. The molecule has 0 radical (unpaired) electrons. The molecule has 2 atom stereocenters. The van der Waals surface area contributed by atoms with Crippen LogP contribution in [0.5, 0.6) is 5.75 Å². The molecule has 0 amide bonds. The molecule has 0 aliphatic carbocycles. The van der Waals surface area contributed by atoms with Crippen molar-refractivity contribution in [2.45, 2.75) is 17.4 Å². The number of benzene rings is 2. The van der Waals surface area contributed by atoms with Crippen molar-refractivity contribution < 1.29 is 17.9 Å². The fraction of sp³-hybridized carbons (Fsp3) is 0.200. The molecule has 20 heavy (non-hydrogen) atoms. The summed E-state index contributed by atoms with van der Waals surface area (Å²) < 4.78 is 45.7. The van der Waals surface area contributed by atoms with Crippen molar-refractivity contribution in [3.05, 3.63) is 65.0 Å². The Labute approximate surface area is 122 Å². The molecular formula is C15H10BrF3O. The zero-order chi connectivity index (χ0) is 14.3. The van der Waals surface area contributed by atoms with E-state index in [1.165, 1.54) is 0 Å². The number of hydrogen-bond acceptors (Lipinski definition) is 1. The molecule has 5 heteroatoms. The van der Waals surface area contributed by atoms with E-state index in [0.29, 0.717) is 12.5 Å². The third-order valence-electron chi connectivity index (χ3n) is 3.34. The van der Waals surface area contributed by atoms with Gasteiger partial charge in [-0.3, -0.25) is 0 Å². The summed E-state index contributed by atoms with van der Waals surface area (Å²) in [7, 11) is 0. The summed E-state index contributed by atoms with van der Waals surface area (Å²) >= 11 is 3.33. The van der Waals surface area contributed by atoms with Gasteiger partial charge in [-0.05, 0) is 17.7 Å². The first-order valence-electron chi connectivity index (χ1n) is 6.09. The van der Waals surface area contributed by atoms with Crippen molar-refractivity contribution in [3.63, 3.8) is 0 Å². The summed E-state index contributed by atoms with van der Waals surface area (Å²) in [6, 6.07) is 8.93. The third kappa shape index (κ3) is 2.30. The average molecular weight is 343 g/mol. The molecule has 3 rings (SSSR count). The minimum Gasteiger partial charge on any atom is -0.488 e. The van der Waals surface area contributed by atoms with Crippen LogP contribution in [0.3, 0.4) is 0 Å². The Morgan fingerprint density at radius 2 is 1.75 bits per heavy atom. The Morgan fingerprint density at radius 3 is 2.50 bits per heavy atom. The third-order valence-corrected chi connectivity index (χ3v) is 4.42. The fourth-order valence-electron chi connectivity index (χ4n) is 2.32. The largest absolute Gasteiger partial charge is 0.488 e. The van der Waals surface area contributed by atoms with Gasteiger partial charge in [-0.25, -0.2) is 13.2 Å². The van der Waals surface area contributed by atoms with E-state index in [2.05, 4.69) is 15.9 Å². The van der Waals surface area contributed by atoms with Crippen LogP contribution in [0.25, 0.3) is 0 Å². The van der Waals surface area contributed by atoms with Crippen LogP contribution in [0, 0.1) is 17.5 Å². The van der Waals surface area contributed by atoms with Gasteiger partial charge in [0, 0.05) is 18.1 Å². The maximum Gasteiger partial charge on any atom is 0.161 e. The van der Waals surface area contributed by atoms with E-state index in [4.69, 9.17) is 4.74 Å². The first kappa shape index (κ1) is 13.5. The van der Waals surface area contributed by atoms with Crippen LogP contribution in [-0.4, -0.2) is 6.10 Å². The van der Waals surface area contributed by atoms with Crippen LogP contribution >= 0.6 is 15.9 Å². The fourth-order valence-corrected chi connectivity index (χ4v) is 2.97. The standard InChI is InChI=1S/C15H10BrF3O/c16-15(9-6-11(18)12(19)7-10(9)17)14-5-8-3-1-2-4-13(8)20-14/h1-4,6-7,14-15H,5H2. The van der Waals surface area contributed by atoms with Gasteiger partial charge >= 0.3 is 0 Å². The Morgan fingerprint density at radius 1 is 1.05 bits per heavy atom. The Hall–Kier alpha value is -1.49. The Bertz CT molecular complexity index is 635. The molecule has 1 aliphatic rings. The number of fused-ring (bicyclic) bond motifs is 1. The maximum atomic E-state index is 13.8. The summed E-state index contributed by atoms with van der Waals surface area (Å²) in [6.07, 6.45) is 0.233. The molecule has 0 fully saturated rings. The second-order valence-electron chi connectivity index (χ2n) is 4.66. The molecular weight excluding hydrogens is 333 g/mol. The van der Waals surface area contributed by atoms with Gasteiger partial charge in [-0.1, -0.05) is 34.1 Å². The van der Waals surface area contributed by atoms with Crippen LogP contribution in [0.2, 0.25) is 0 Å². The highest BCUT2D eigenvalue weighted by Crippen LogP contribution is 2.39. The van der Waals surface area contributed by atoms with E-state index in [-0.39, 0.29) is 11.7 Å². The van der Waals surface area contributed by atoms with Crippen LogP contribution in [0.1, 0.15) is 16.0 Å². The number of para-hydroxylation sites is 1. The molecule has 2 aromatic carbocycles. The predicted octanol–water partition coefficient (Wildman–Crippen LogP) is 4.54. The monoisotopic (exact) mass is 342 g/mol.